The first-order valence-electron chi connectivity index (χ1n) is 7.81. The fraction of sp³-hybridized carbons (Fsp3) is 0.105. The van der Waals surface area contributed by atoms with Crippen molar-refractivity contribution in [1.82, 2.24) is 10.2 Å². The minimum atomic E-state index is -1.06. The molecule has 0 bridgehead atoms. The zero-order chi connectivity index (χ0) is 18.4. The number of hydrogen-bond donors (Lipinski definition) is 1. The maximum atomic E-state index is 11.0. The van der Waals surface area contributed by atoms with Crippen LogP contribution in [0.5, 0.6) is 0 Å². The van der Waals surface area contributed by atoms with Crippen LogP contribution in [0.2, 0.25) is 5.02 Å². The molecule has 0 aliphatic carbocycles. The van der Waals surface area contributed by atoms with Crippen LogP contribution in [0.4, 0.5) is 0 Å². The van der Waals surface area contributed by atoms with Crippen LogP contribution in [0, 0.1) is 13.8 Å². The Kier molecular flexibility index (Phi) is 3.77. The minimum Gasteiger partial charge on any atom is -0.478 e. The van der Waals surface area contributed by atoms with Gasteiger partial charge in [0.2, 0.25) is 5.89 Å². The summed E-state index contributed by atoms with van der Waals surface area (Å²) in [6, 6.07) is 10.2. The molecule has 1 N–H and O–H groups in total. The summed E-state index contributed by atoms with van der Waals surface area (Å²) in [5.41, 5.74) is 3.43. The van der Waals surface area contributed by atoms with Crippen LogP contribution in [-0.4, -0.2) is 21.3 Å². The predicted molar refractivity (Wildman–Crippen MR) is 96.4 cm³/mol. The van der Waals surface area contributed by atoms with Crippen LogP contribution in [-0.2, 0) is 0 Å². The molecule has 0 saturated heterocycles. The first kappa shape index (κ1) is 16.4. The third-order valence-electron chi connectivity index (χ3n) is 4.18. The molecule has 6 nitrogen and oxygen atoms in total. The number of carboxylic acid groups (broad SMARTS) is 1. The molecule has 4 rings (SSSR count). The van der Waals surface area contributed by atoms with Gasteiger partial charge in [-0.25, -0.2) is 4.79 Å². The number of furan rings is 1. The standard InChI is InChI=1S/C19H13ClN2O4/c1-9-3-4-10(2)16-13(9)8-15(25-16)18-22-21-17(26-18)12-6-5-11(19(23)24)7-14(12)20/h3-8H,1-2H3,(H,23,24). The molecule has 0 spiro atoms. The Morgan fingerprint density at radius 3 is 2.42 bits per heavy atom. The number of aromatic nitrogens is 2. The van der Waals surface area contributed by atoms with Crippen LogP contribution >= 0.6 is 11.6 Å². The number of hydrogen-bond acceptors (Lipinski definition) is 5. The van der Waals surface area contributed by atoms with E-state index in [-0.39, 0.29) is 22.4 Å². The predicted octanol–water partition coefficient (Wildman–Crippen LogP) is 5.12. The van der Waals surface area contributed by atoms with E-state index in [9.17, 15) is 4.79 Å². The summed E-state index contributed by atoms with van der Waals surface area (Å²) in [6.45, 7) is 3.97. The van der Waals surface area contributed by atoms with Gasteiger partial charge in [0.05, 0.1) is 16.1 Å². The Balaban J connectivity index is 1.76. The maximum Gasteiger partial charge on any atom is 0.335 e. The second-order valence-corrected chi connectivity index (χ2v) is 6.37. The second-order valence-electron chi connectivity index (χ2n) is 5.96. The molecule has 0 radical (unpaired) electrons. The van der Waals surface area contributed by atoms with Crippen molar-refractivity contribution in [2.24, 2.45) is 0 Å². The lowest BCUT2D eigenvalue weighted by molar-refractivity contribution is 0.0697. The molecule has 7 heteroatoms. The molecule has 0 amide bonds. The average molecular weight is 369 g/mol. The van der Waals surface area contributed by atoms with Crippen molar-refractivity contribution in [2.45, 2.75) is 13.8 Å². The molecular formula is C19H13ClN2O4. The van der Waals surface area contributed by atoms with Crippen molar-refractivity contribution >= 4 is 28.5 Å². The van der Waals surface area contributed by atoms with Gasteiger partial charge in [-0.05, 0) is 49.2 Å². The fourth-order valence-electron chi connectivity index (χ4n) is 2.75. The zero-order valence-electron chi connectivity index (χ0n) is 13.9. The summed E-state index contributed by atoms with van der Waals surface area (Å²) < 4.78 is 11.6. The van der Waals surface area contributed by atoms with Crippen molar-refractivity contribution in [3.8, 4) is 23.1 Å². The zero-order valence-corrected chi connectivity index (χ0v) is 14.7. The van der Waals surface area contributed by atoms with Gasteiger partial charge in [0.25, 0.3) is 5.89 Å². The molecule has 130 valence electrons. The Morgan fingerprint density at radius 1 is 1.00 bits per heavy atom. The van der Waals surface area contributed by atoms with Crippen LogP contribution in [0.15, 0.2) is 45.2 Å². The molecule has 0 fully saturated rings. The highest BCUT2D eigenvalue weighted by Gasteiger charge is 2.18. The number of aryl methyl sites for hydroxylation is 2. The fourth-order valence-corrected chi connectivity index (χ4v) is 3.01. The van der Waals surface area contributed by atoms with Gasteiger partial charge in [0.15, 0.2) is 5.76 Å². The Bertz CT molecular complexity index is 1120. The van der Waals surface area contributed by atoms with E-state index in [1.54, 1.807) is 0 Å². The van der Waals surface area contributed by atoms with Gasteiger partial charge in [-0.1, -0.05) is 23.7 Å². The summed E-state index contributed by atoms with van der Waals surface area (Å²) in [6.07, 6.45) is 0. The molecular weight excluding hydrogens is 356 g/mol. The summed E-state index contributed by atoms with van der Waals surface area (Å²) in [4.78, 5) is 11.0. The van der Waals surface area contributed by atoms with Crippen molar-refractivity contribution < 1.29 is 18.7 Å². The molecule has 2 aromatic carbocycles. The smallest absolute Gasteiger partial charge is 0.335 e. The summed E-state index contributed by atoms with van der Waals surface area (Å²) in [7, 11) is 0. The number of halogens is 1. The molecule has 0 aliphatic heterocycles. The number of aromatic carboxylic acids is 1. The highest BCUT2D eigenvalue weighted by Crippen LogP contribution is 2.34. The van der Waals surface area contributed by atoms with E-state index in [4.69, 9.17) is 25.5 Å². The van der Waals surface area contributed by atoms with Crippen molar-refractivity contribution in [1.29, 1.82) is 0 Å². The van der Waals surface area contributed by atoms with Gasteiger partial charge in [0, 0.05) is 5.39 Å². The maximum absolute atomic E-state index is 11.0. The summed E-state index contributed by atoms with van der Waals surface area (Å²) >= 11 is 6.15. The van der Waals surface area contributed by atoms with Gasteiger partial charge >= 0.3 is 5.97 Å². The molecule has 2 heterocycles. The van der Waals surface area contributed by atoms with Crippen molar-refractivity contribution in [3.05, 3.63) is 58.1 Å². The Hall–Kier alpha value is -3.12. The van der Waals surface area contributed by atoms with E-state index < -0.39 is 5.97 Å². The molecule has 0 unspecified atom stereocenters. The quantitative estimate of drug-likeness (QED) is 0.540. The van der Waals surface area contributed by atoms with Gasteiger partial charge in [-0.15, -0.1) is 10.2 Å². The molecule has 0 atom stereocenters. The van der Waals surface area contributed by atoms with Gasteiger partial charge in [-0.2, -0.15) is 0 Å². The Morgan fingerprint density at radius 2 is 1.73 bits per heavy atom. The van der Waals surface area contributed by atoms with E-state index in [2.05, 4.69) is 10.2 Å². The highest BCUT2D eigenvalue weighted by atomic mass is 35.5. The number of fused-ring (bicyclic) bond motifs is 1. The normalized spacial score (nSPS) is 11.2. The number of benzene rings is 2. The summed E-state index contributed by atoms with van der Waals surface area (Å²) in [5.74, 6) is -0.170. The molecule has 0 saturated carbocycles. The lowest BCUT2D eigenvalue weighted by Gasteiger charge is -2.00. The lowest BCUT2D eigenvalue weighted by atomic mass is 10.1. The van der Waals surface area contributed by atoms with E-state index in [0.717, 1.165) is 22.1 Å². The largest absolute Gasteiger partial charge is 0.478 e. The molecule has 2 aromatic heterocycles. The summed E-state index contributed by atoms with van der Waals surface area (Å²) in [5, 5.41) is 18.3. The van der Waals surface area contributed by atoms with Crippen LogP contribution in [0.1, 0.15) is 21.5 Å². The first-order valence-corrected chi connectivity index (χ1v) is 8.18. The Labute approximate surface area is 153 Å². The van der Waals surface area contributed by atoms with Gasteiger partial charge in [0.1, 0.15) is 5.58 Å². The monoisotopic (exact) mass is 368 g/mol. The van der Waals surface area contributed by atoms with Gasteiger partial charge < -0.3 is 13.9 Å². The highest BCUT2D eigenvalue weighted by molar-refractivity contribution is 6.33. The lowest BCUT2D eigenvalue weighted by Crippen LogP contribution is -1.95. The van der Waals surface area contributed by atoms with E-state index >= 15 is 0 Å². The number of rotatable bonds is 3. The molecule has 4 aromatic rings. The minimum absolute atomic E-state index is 0.0849. The number of carbonyl (C=O) groups is 1. The van der Waals surface area contributed by atoms with Crippen LogP contribution in [0.3, 0.4) is 0 Å². The number of carboxylic acids is 1. The first-order chi connectivity index (χ1) is 12.4. The van der Waals surface area contributed by atoms with Gasteiger partial charge in [-0.3, -0.25) is 0 Å². The third kappa shape index (κ3) is 2.64. The van der Waals surface area contributed by atoms with E-state index in [1.807, 2.05) is 32.0 Å². The van der Waals surface area contributed by atoms with Crippen molar-refractivity contribution in [2.75, 3.05) is 0 Å². The number of nitrogens with zero attached hydrogens (tertiary/aromatic N) is 2. The van der Waals surface area contributed by atoms with Crippen LogP contribution in [0.25, 0.3) is 34.1 Å². The van der Waals surface area contributed by atoms with Crippen molar-refractivity contribution in [3.63, 3.8) is 0 Å². The van der Waals surface area contributed by atoms with Crippen LogP contribution < -0.4 is 0 Å². The molecule has 0 aliphatic rings. The second kappa shape index (κ2) is 6.00. The SMILES string of the molecule is Cc1ccc(C)c2oc(-c3nnc(-c4ccc(C(=O)O)cc4Cl)o3)cc12. The van der Waals surface area contributed by atoms with E-state index in [0.29, 0.717) is 11.3 Å². The van der Waals surface area contributed by atoms with E-state index in [1.165, 1.54) is 18.2 Å². The third-order valence-corrected chi connectivity index (χ3v) is 4.49. The molecule has 26 heavy (non-hydrogen) atoms. The topological polar surface area (TPSA) is 89.4 Å². The average Bonchev–Trinajstić information content (AvgIpc) is 3.25.